The van der Waals surface area contributed by atoms with Crippen LogP contribution in [0.5, 0.6) is 0 Å². The third-order valence-electron chi connectivity index (χ3n) is 5.05. The van der Waals surface area contributed by atoms with Crippen molar-refractivity contribution >= 4 is 5.97 Å². The van der Waals surface area contributed by atoms with Gasteiger partial charge in [-0.1, -0.05) is 32.1 Å². The van der Waals surface area contributed by atoms with E-state index in [-0.39, 0.29) is 10.8 Å². The molecule has 0 saturated heterocycles. The average molecular weight is 234 g/mol. The maximum absolute atomic E-state index is 11.0. The van der Waals surface area contributed by atoms with Crippen LogP contribution in [-0.2, 0) is 4.79 Å². The summed E-state index contributed by atoms with van der Waals surface area (Å²) in [5.41, 5.74) is 2.33. The molecular weight excluding hydrogens is 212 g/mol. The summed E-state index contributed by atoms with van der Waals surface area (Å²) >= 11 is 0. The molecule has 2 aliphatic carbocycles. The standard InChI is InChI=1S/C15H22O2/c1-11-5-4-8-14(2,3)15(11)9-6-12(7-10-15)13(16)17/h6H,1,4-5,7-10H2,2-3H3,(H,16,17). The van der Waals surface area contributed by atoms with Gasteiger partial charge in [0.05, 0.1) is 0 Å². The maximum Gasteiger partial charge on any atom is 0.331 e. The molecule has 0 heterocycles. The summed E-state index contributed by atoms with van der Waals surface area (Å²) < 4.78 is 0. The Hall–Kier alpha value is -1.05. The van der Waals surface area contributed by atoms with Gasteiger partial charge in [0.15, 0.2) is 0 Å². The molecule has 1 atom stereocenters. The van der Waals surface area contributed by atoms with E-state index in [2.05, 4.69) is 20.4 Å². The van der Waals surface area contributed by atoms with Crippen molar-refractivity contribution in [1.82, 2.24) is 0 Å². The summed E-state index contributed by atoms with van der Waals surface area (Å²) in [4.78, 5) is 11.0. The van der Waals surface area contributed by atoms with Crippen LogP contribution in [0.25, 0.3) is 0 Å². The number of carboxylic acid groups (broad SMARTS) is 1. The van der Waals surface area contributed by atoms with Crippen molar-refractivity contribution in [2.75, 3.05) is 0 Å². The minimum atomic E-state index is -0.751. The summed E-state index contributed by atoms with van der Waals surface area (Å²) in [6.07, 6.45) is 8.00. The molecule has 2 rings (SSSR count). The number of aliphatic carboxylic acids is 1. The monoisotopic (exact) mass is 234 g/mol. The lowest BCUT2D eigenvalue weighted by atomic mass is 9.51. The molecule has 0 aliphatic heterocycles. The normalized spacial score (nSPS) is 32.4. The third-order valence-corrected chi connectivity index (χ3v) is 5.05. The molecule has 0 aromatic rings. The van der Waals surface area contributed by atoms with E-state index in [1.54, 1.807) is 0 Å². The summed E-state index contributed by atoms with van der Waals surface area (Å²) in [6, 6.07) is 0. The number of carbonyl (C=O) groups is 1. The first-order chi connectivity index (χ1) is 7.89. The van der Waals surface area contributed by atoms with Crippen molar-refractivity contribution < 1.29 is 9.90 Å². The first-order valence-electron chi connectivity index (χ1n) is 6.50. The molecule has 2 nitrogen and oxygen atoms in total. The number of carboxylic acids is 1. The molecular formula is C15H22O2. The minimum absolute atomic E-state index is 0.143. The summed E-state index contributed by atoms with van der Waals surface area (Å²) in [6.45, 7) is 8.91. The lowest BCUT2D eigenvalue weighted by Gasteiger charge is -2.53. The predicted molar refractivity (Wildman–Crippen MR) is 68.8 cm³/mol. The van der Waals surface area contributed by atoms with Crippen molar-refractivity contribution in [1.29, 1.82) is 0 Å². The molecule has 1 unspecified atom stereocenters. The molecule has 1 saturated carbocycles. The Balaban J connectivity index is 2.31. The highest BCUT2D eigenvalue weighted by Gasteiger charge is 2.49. The molecule has 2 aliphatic rings. The molecule has 0 aromatic carbocycles. The van der Waals surface area contributed by atoms with Crippen LogP contribution in [0.2, 0.25) is 0 Å². The summed E-state index contributed by atoms with van der Waals surface area (Å²) in [5, 5.41) is 9.03. The summed E-state index contributed by atoms with van der Waals surface area (Å²) in [5.74, 6) is -0.751. The maximum atomic E-state index is 11.0. The van der Waals surface area contributed by atoms with Crippen LogP contribution >= 0.6 is 0 Å². The highest BCUT2D eigenvalue weighted by atomic mass is 16.4. The highest BCUT2D eigenvalue weighted by molar-refractivity contribution is 5.86. The Bertz CT molecular complexity index is 390. The molecule has 17 heavy (non-hydrogen) atoms. The van der Waals surface area contributed by atoms with Crippen LogP contribution < -0.4 is 0 Å². The van der Waals surface area contributed by atoms with E-state index in [1.807, 2.05) is 6.08 Å². The van der Waals surface area contributed by atoms with Crippen molar-refractivity contribution in [2.24, 2.45) is 10.8 Å². The Morgan fingerprint density at radius 1 is 1.35 bits per heavy atom. The minimum Gasteiger partial charge on any atom is -0.478 e. The lowest BCUT2D eigenvalue weighted by molar-refractivity contribution is -0.133. The fraction of sp³-hybridized carbons (Fsp3) is 0.667. The average Bonchev–Trinajstić information content (AvgIpc) is 2.26. The molecule has 1 fully saturated rings. The van der Waals surface area contributed by atoms with Crippen LogP contribution in [0.4, 0.5) is 0 Å². The fourth-order valence-corrected chi connectivity index (χ4v) is 3.68. The van der Waals surface area contributed by atoms with E-state index < -0.39 is 5.97 Å². The zero-order valence-corrected chi connectivity index (χ0v) is 10.9. The van der Waals surface area contributed by atoms with E-state index >= 15 is 0 Å². The van der Waals surface area contributed by atoms with E-state index in [0.717, 1.165) is 19.3 Å². The molecule has 94 valence electrons. The van der Waals surface area contributed by atoms with Crippen LogP contribution in [0.15, 0.2) is 23.8 Å². The first-order valence-corrected chi connectivity index (χ1v) is 6.50. The van der Waals surface area contributed by atoms with Gasteiger partial charge in [-0.15, -0.1) is 0 Å². The second kappa shape index (κ2) is 4.01. The first kappa shape index (κ1) is 12.4. The number of allylic oxidation sites excluding steroid dienone is 2. The zero-order chi connectivity index (χ0) is 12.7. The molecule has 1 N–H and O–H groups in total. The Morgan fingerprint density at radius 3 is 2.53 bits per heavy atom. The van der Waals surface area contributed by atoms with Gasteiger partial charge in [0.2, 0.25) is 0 Å². The van der Waals surface area contributed by atoms with Gasteiger partial charge in [-0.25, -0.2) is 4.79 Å². The topological polar surface area (TPSA) is 37.3 Å². The van der Waals surface area contributed by atoms with Gasteiger partial charge in [0.25, 0.3) is 0 Å². The zero-order valence-electron chi connectivity index (χ0n) is 10.9. The van der Waals surface area contributed by atoms with Crippen molar-refractivity contribution in [3.63, 3.8) is 0 Å². The van der Waals surface area contributed by atoms with E-state index in [4.69, 9.17) is 5.11 Å². The molecule has 1 spiro atoms. The summed E-state index contributed by atoms with van der Waals surface area (Å²) in [7, 11) is 0. The second-order valence-electron chi connectivity index (χ2n) is 6.16. The van der Waals surface area contributed by atoms with Gasteiger partial charge in [0.1, 0.15) is 0 Å². The molecule has 0 radical (unpaired) electrons. The van der Waals surface area contributed by atoms with Gasteiger partial charge >= 0.3 is 5.97 Å². The predicted octanol–water partition coefficient (Wildman–Crippen LogP) is 3.93. The Morgan fingerprint density at radius 2 is 2.06 bits per heavy atom. The van der Waals surface area contributed by atoms with E-state index in [0.29, 0.717) is 12.0 Å². The van der Waals surface area contributed by atoms with Gasteiger partial charge < -0.3 is 5.11 Å². The SMILES string of the molecule is C=C1CCCC(C)(C)C12CC=C(C(=O)O)CC2. The van der Waals surface area contributed by atoms with Gasteiger partial charge in [-0.2, -0.15) is 0 Å². The van der Waals surface area contributed by atoms with E-state index in [9.17, 15) is 4.79 Å². The quantitative estimate of drug-likeness (QED) is 0.698. The van der Waals surface area contributed by atoms with Crippen LogP contribution in [-0.4, -0.2) is 11.1 Å². The van der Waals surface area contributed by atoms with Crippen molar-refractivity contribution in [3.05, 3.63) is 23.8 Å². The van der Waals surface area contributed by atoms with Crippen molar-refractivity contribution in [3.8, 4) is 0 Å². The highest BCUT2D eigenvalue weighted by Crippen LogP contribution is 2.59. The van der Waals surface area contributed by atoms with Crippen molar-refractivity contribution in [2.45, 2.75) is 52.4 Å². The fourth-order valence-electron chi connectivity index (χ4n) is 3.68. The Kier molecular flexibility index (Phi) is 2.92. The number of rotatable bonds is 1. The van der Waals surface area contributed by atoms with Gasteiger partial charge in [0, 0.05) is 5.57 Å². The van der Waals surface area contributed by atoms with Crippen LogP contribution in [0.3, 0.4) is 0 Å². The Labute approximate surface area is 103 Å². The van der Waals surface area contributed by atoms with Crippen LogP contribution in [0, 0.1) is 10.8 Å². The number of hydrogen-bond donors (Lipinski definition) is 1. The third kappa shape index (κ3) is 1.84. The molecule has 0 aromatic heterocycles. The smallest absolute Gasteiger partial charge is 0.331 e. The molecule has 0 bridgehead atoms. The van der Waals surface area contributed by atoms with Gasteiger partial charge in [-0.3, -0.25) is 0 Å². The lowest BCUT2D eigenvalue weighted by Crippen LogP contribution is -2.43. The number of hydrogen-bond acceptors (Lipinski definition) is 1. The van der Waals surface area contributed by atoms with Crippen LogP contribution in [0.1, 0.15) is 52.4 Å². The molecule has 0 amide bonds. The largest absolute Gasteiger partial charge is 0.478 e. The van der Waals surface area contributed by atoms with Gasteiger partial charge in [-0.05, 0) is 49.4 Å². The second-order valence-corrected chi connectivity index (χ2v) is 6.16. The molecule has 2 heteroatoms. The van der Waals surface area contributed by atoms with E-state index in [1.165, 1.54) is 18.4 Å².